The van der Waals surface area contributed by atoms with Crippen LogP contribution in [0.15, 0.2) is 36.5 Å². The normalized spacial score (nSPS) is 17.5. The summed E-state index contributed by atoms with van der Waals surface area (Å²) in [6.45, 7) is 3.95. The summed E-state index contributed by atoms with van der Waals surface area (Å²) >= 11 is 0. The molecule has 2 aromatic rings. The second kappa shape index (κ2) is 8.02. The first-order valence-electron chi connectivity index (χ1n) is 8.43. The number of hydrogen-bond acceptors (Lipinski definition) is 4. The van der Waals surface area contributed by atoms with Crippen molar-refractivity contribution in [2.45, 2.75) is 38.6 Å². The van der Waals surface area contributed by atoms with Gasteiger partial charge in [-0.05, 0) is 37.0 Å². The molecule has 1 aromatic carbocycles. The summed E-state index contributed by atoms with van der Waals surface area (Å²) in [7, 11) is 0. The predicted molar refractivity (Wildman–Crippen MR) is 91.6 cm³/mol. The fourth-order valence-corrected chi connectivity index (χ4v) is 2.89. The van der Waals surface area contributed by atoms with Crippen LogP contribution in [0.1, 0.15) is 41.4 Å². The van der Waals surface area contributed by atoms with Gasteiger partial charge < -0.3 is 10.1 Å². The molecule has 24 heavy (non-hydrogen) atoms. The van der Waals surface area contributed by atoms with Gasteiger partial charge in [-0.3, -0.25) is 4.79 Å². The molecule has 0 aliphatic carbocycles. The Labute approximate surface area is 142 Å². The molecule has 1 fully saturated rings. The van der Waals surface area contributed by atoms with Crippen LogP contribution in [-0.2, 0) is 22.5 Å². The molecule has 0 bridgehead atoms. The number of nitrogens with zero attached hydrogens (tertiary/aromatic N) is 2. The van der Waals surface area contributed by atoms with Crippen LogP contribution in [0.5, 0.6) is 0 Å². The Bertz CT molecular complexity index is 697. The first-order chi connectivity index (χ1) is 11.7. The maximum Gasteiger partial charge on any atom is 0.224 e. The van der Waals surface area contributed by atoms with Crippen LogP contribution in [0.3, 0.4) is 0 Å². The van der Waals surface area contributed by atoms with Crippen molar-refractivity contribution in [1.29, 1.82) is 0 Å². The van der Waals surface area contributed by atoms with Gasteiger partial charge in [0.15, 0.2) is 0 Å². The summed E-state index contributed by atoms with van der Waals surface area (Å²) in [6, 6.07) is 9.79. The van der Waals surface area contributed by atoms with E-state index in [1.54, 1.807) is 6.20 Å². The largest absolute Gasteiger partial charge is 0.381 e. The van der Waals surface area contributed by atoms with E-state index >= 15 is 0 Å². The van der Waals surface area contributed by atoms with Crippen LogP contribution in [-0.4, -0.2) is 29.1 Å². The molecule has 1 unspecified atom stereocenters. The van der Waals surface area contributed by atoms with Gasteiger partial charge in [-0.2, -0.15) is 0 Å². The number of ether oxygens (including phenoxy) is 1. The zero-order valence-electron chi connectivity index (χ0n) is 14.0. The monoisotopic (exact) mass is 325 g/mol. The minimum absolute atomic E-state index is 0.00506. The molecule has 3 rings (SSSR count). The zero-order valence-corrected chi connectivity index (χ0v) is 14.0. The van der Waals surface area contributed by atoms with Gasteiger partial charge in [0, 0.05) is 18.7 Å². The van der Waals surface area contributed by atoms with E-state index < -0.39 is 0 Å². The van der Waals surface area contributed by atoms with Crippen molar-refractivity contribution >= 4 is 5.91 Å². The van der Waals surface area contributed by atoms with E-state index in [-0.39, 0.29) is 11.8 Å². The number of aryl methyl sites for hydroxylation is 1. The molecule has 126 valence electrons. The summed E-state index contributed by atoms with van der Waals surface area (Å²) < 4.78 is 5.50. The van der Waals surface area contributed by atoms with Crippen LogP contribution in [0, 0.1) is 6.92 Å². The minimum atomic E-state index is 0.00506. The molecule has 1 atom stereocenters. The average molecular weight is 325 g/mol. The zero-order chi connectivity index (χ0) is 16.8. The lowest BCUT2D eigenvalue weighted by molar-refractivity contribution is -0.120. The van der Waals surface area contributed by atoms with Crippen LogP contribution in [0.2, 0.25) is 0 Å². The molecule has 1 saturated heterocycles. The summed E-state index contributed by atoms with van der Waals surface area (Å²) in [5.74, 6) is 1.09. The number of benzene rings is 1. The Balaban J connectivity index is 1.56. The van der Waals surface area contributed by atoms with Crippen molar-refractivity contribution in [2.75, 3.05) is 13.2 Å². The number of hydrogen-bond donors (Lipinski definition) is 1. The number of amides is 1. The molecular weight excluding hydrogens is 302 g/mol. The third kappa shape index (κ3) is 4.38. The van der Waals surface area contributed by atoms with Gasteiger partial charge in [0.2, 0.25) is 5.91 Å². The van der Waals surface area contributed by atoms with E-state index in [9.17, 15) is 4.79 Å². The molecule has 0 saturated carbocycles. The highest BCUT2D eigenvalue weighted by atomic mass is 16.5. The molecule has 1 aromatic heterocycles. The second-order valence-corrected chi connectivity index (χ2v) is 6.20. The van der Waals surface area contributed by atoms with Gasteiger partial charge in [-0.25, -0.2) is 9.97 Å². The van der Waals surface area contributed by atoms with Gasteiger partial charge in [0.05, 0.1) is 25.3 Å². The topological polar surface area (TPSA) is 64.1 Å². The fourth-order valence-electron chi connectivity index (χ4n) is 2.89. The van der Waals surface area contributed by atoms with Gasteiger partial charge in [0.1, 0.15) is 5.82 Å². The van der Waals surface area contributed by atoms with E-state index in [0.717, 1.165) is 42.1 Å². The molecule has 2 heterocycles. The van der Waals surface area contributed by atoms with Gasteiger partial charge >= 0.3 is 0 Å². The maximum absolute atomic E-state index is 12.2. The number of nitrogens with one attached hydrogen (secondary N) is 1. The fraction of sp³-hybridized carbons (Fsp3) is 0.421. The minimum Gasteiger partial charge on any atom is -0.381 e. The highest BCUT2D eigenvalue weighted by Crippen LogP contribution is 2.22. The molecule has 0 radical (unpaired) electrons. The van der Waals surface area contributed by atoms with Crippen molar-refractivity contribution in [3.63, 3.8) is 0 Å². The Morgan fingerprint density at radius 3 is 3.00 bits per heavy atom. The number of rotatable bonds is 5. The number of carbonyl (C=O) groups excluding carboxylic acids is 1. The lowest BCUT2D eigenvalue weighted by atomic mass is 10.0. The first-order valence-corrected chi connectivity index (χ1v) is 8.43. The van der Waals surface area contributed by atoms with E-state index in [2.05, 4.69) is 15.3 Å². The van der Waals surface area contributed by atoms with Gasteiger partial charge in [-0.1, -0.05) is 24.3 Å². The Morgan fingerprint density at radius 1 is 1.33 bits per heavy atom. The van der Waals surface area contributed by atoms with Crippen molar-refractivity contribution in [3.05, 3.63) is 59.2 Å². The Kier molecular flexibility index (Phi) is 5.54. The molecule has 5 heteroatoms. The summed E-state index contributed by atoms with van der Waals surface area (Å²) in [5.41, 5.74) is 3.02. The molecule has 5 nitrogen and oxygen atoms in total. The van der Waals surface area contributed by atoms with Gasteiger partial charge in [-0.15, -0.1) is 0 Å². The number of carbonyl (C=O) groups is 1. The molecule has 1 N–H and O–H groups in total. The number of aromatic nitrogens is 2. The van der Waals surface area contributed by atoms with E-state index in [1.807, 2.05) is 37.3 Å². The predicted octanol–water partition coefficient (Wildman–Crippen LogP) is 2.54. The van der Waals surface area contributed by atoms with Crippen LogP contribution in [0.25, 0.3) is 0 Å². The maximum atomic E-state index is 12.2. The molecular formula is C19H23N3O2. The van der Waals surface area contributed by atoms with Crippen molar-refractivity contribution in [1.82, 2.24) is 15.3 Å². The quantitative estimate of drug-likeness (QED) is 0.917. The molecule has 1 aliphatic heterocycles. The van der Waals surface area contributed by atoms with Crippen molar-refractivity contribution in [2.24, 2.45) is 0 Å². The summed E-state index contributed by atoms with van der Waals surface area (Å²) in [4.78, 5) is 21.1. The molecule has 1 aliphatic rings. The van der Waals surface area contributed by atoms with Crippen LogP contribution >= 0.6 is 0 Å². The van der Waals surface area contributed by atoms with Crippen LogP contribution < -0.4 is 5.32 Å². The van der Waals surface area contributed by atoms with E-state index in [4.69, 9.17) is 4.74 Å². The summed E-state index contributed by atoms with van der Waals surface area (Å²) in [5, 5.41) is 2.94. The highest BCUT2D eigenvalue weighted by molar-refractivity contribution is 5.78. The SMILES string of the molecule is Cc1ccccc1CC(=O)NCc1ccnc(C2CCCOC2)n1. The second-order valence-electron chi connectivity index (χ2n) is 6.20. The lowest BCUT2D eigenvalue weighted by Gasteiger charge is -2.20. The van der Waals surface area contributed by atoms with E-state index in [0.29, 0.717) is 19.6 Å². The van der Waals surface area contributed by atoms with Gasteiger partial charge in [0.25, 0.3) is 0 Å². The Morgan fingerprint density at radius 2 is 2.21 bits per heavy atom. The lowest BCUT2D eigenvalue weighted by Crippen LogP contribution is -2.26. The molecule has 1 amide bonds. The Hall–Kier alpha value is -2.27. The smallest absolute Gasteiger partial charge is 0.224 e. The van der Waals surface area contributed by atoms with Crippen LogP contribution in [0.4, 0.5) is 0 Å². The third-order valence-corrected chi connectivity index (χ3v) is 4.34. The third-order valence-electron chi connectivity index (χ3n) is 4.34. The average Bonchev–Trinajstić information content (AvgIpc) is 2.63. The van der Waals surface area contributed by atoms with E-state index in [1.165, 1.54) is 0 Å². The van der Waals surface area contributed by atoms with Crippen molar-refractivity contribution < 1.29 is 9.53 Å². The summed E-state index contributed by atoms with van der Waals surface area (Å²) in [6.07, 6.45) is 4.26. The first kappa shape index (κ1) is 16.6. The highest BCUT2D eigenvalue weighted by Gasteiger charge is 2.18. The van der Waals surface area contributed by atoms with Crippen molar-refractivity contribution in [3.8, 4) is 0 Å². The standard InChI is InChI=1S/C19H23N3O2/c1-14-5-2-3-6-15(14)11-18(23)21-12-17-8-9-20-19(22-17)16-7-4-10-24-13-16/h2-3,5-6,8-9,16H,4,7,10-13H2,1H3,(H,21,23). The molecule has 0 spiro atoms.